The maximum absolute atomic E-state index is 12.7. The van der Waals surface area contributed by atoms with Gasteiger partial charge in [0, 0.05) is 5.02 Å². The van der Waals surface area contributed by atoms with Gasteiger partial charge in [0.1, 0.15) is 18.1 Å². The SMILES string of the molecule is COc1cccc(COCC(=O)Nc2cc(S(=O)(=O)Nc3cccc(Cl)c3)ccc2O)c1. The van der Waals surface area contributed by atoms with Gasteiger partial charge in [0.2, 0.25) is 5.91 Å². The third kappa shape index (κ3) is 6.36. The number of carbonyl (C=O) groups is 1. The quantitative estimate of drug-likeness (QED) is 0.402. The van der Waals surface area contributed by atoms with Crippen LogP contribution in [-0.2, 0) is 26.2 Å². The summed E-state index contributed by atoms with van der Waals surface area (Å²) in [6.45, 7) is -0.122. The van der Waals surface area contributed by atoms with E-state index in [4.69, 9.17) is 21.1 Å². The fraction of sp³-hybridized carbons (Fsp3) is 0.136. The Morgan fingerprint density at radius 2 is 1.84 bits per heavy atom. The highest BCUT2D eigenvalue weighted by Gasteiger charge is 2.17. The number of halogens is 1. The Morgan fingerprint density at radius 1 is 1.06 bits per heavy atom. The number of aromatic hydroxyl groups is 1. The van der Waals surface area contributed by atoms with Gasteiger partial charge in [-0.25, -0.2) is 8.42 Å². The number of anilines is 2. The molecule has 0 atom stereocenters. The zero-order valence-corrected chi connectivity index (χ0v) is 18.6. The highest BCUT2D eigenvalue weighted by Crippen LogP contribution is 2.28. The largest absolute Gasteiger partial charge is 0.506 e. The lowest BCUT2D eigenvalue weighted by Gasteiger charge is -2.12. The molecule has 0 aliphatic heterocycles. The summed E-state index contributed by atoms with van der Waals surface area (Å²) in [6.07, 6.45) is 0. The average Bonchev–Trinajstić information content (AvgIpc) is 2.75. The van der Waals surface area contributed by atoms with Crippen molar-refractivity contribution in [1.29, 1.82) is 0 Å². The van der Waals surface area contributed by atoms with Crippen LogP contribution in [0.15, 0.2) is 71.6 Å². The summed E-state index contributed by atoms with van der Waals surface area (Å²) in [4.78, 5) is 12.1. The number of nitrogens with one attached hydrogen (secondary N) is 2. The van der Waals surface area contributed by atoms with E-state index in [-0.39, 0.29) is 35.2 Å². The van der Waals surface area contributed by atoms with Crippen molar-refractivity contribution in [3.8, 4) is 11.5 Å². The number of carbonyl (C=O) groups excluding carboxylic acids is 1. The van der Waals surface area contributed by atoms with Crippen LogP contribution < -0.4 is 14.8 Å². The Kier molecular flexibility index (Phi) is 7.57. The normalized spacial score (nSPS) is 11.1. The van der Waals surface area contributed by atoms with Gasteiger partial charge in [0.25, 0.3) is 10.0 Å². The van der Waals surface area contributed by atoms with Crippen molar-refractivity contribution in [1.82, 2.24) is 0 Å². The number of ether oxygens (including phenoxy) is 2. The summed E-state index contributed by atoms with van der Waals surface area (Å²) in [6, 6.07) is 17.0. The van der Waals surface area contributed by atoms with Crippen molar-refractivity contribution in [2.45, 2.75) is 11.5 Å². The van der Waals surface area contributed by atoms with Crippen LogP contribution in [0.5, 0.6) is 11.5 Å². The summed E-state index contributed by atoms with van der Waals surface area (Å²) >= 11 is 5.89. The monoisotopic (exact) mass is 476 g/mol. The molecule has 3 rings (SSSR count). The first-order valence-corrected chi connectivity index (χ1v) is 11.2. The first-order chi connectivity index (χ1) is 15.3. The maximum atomic E-state index is 12.7. The van der Waals surface area contributed by atoms with Gasteiger partial charge in [-0.15, -0.1) is 0 Å². The molecule has 0 aromatic heterocycles. The molecule has 0 unspecified atom stereocenters. The Bertz CT molecular complexity index is 1220. The number of phenols is 1. The first-order valence-electron chi connectivity index (χ1n) is 9.39. The second-order valence-corrected chi connectivity index (χ2v) is 8.81. The third-order valence-electron chi connectivity index (χ3n) is 4.27. The van der Waals surface area contributed by atoms with Crippen LogP contribution >= 0.6 is 11.6 Å². The molecule has 3 aromatic carbocycles. The van der Waals surface area contributed by atoms with Crippen molar-refractivity contribution in [3.05, 3.63) is 77.3 Å². The Labute approximate surface area is 190 Å². The summed E-state index contributed by atoms with van der Waals surface area (Å²) in [5.41, 5.74) is 1.04. The van der Waals surface area contributed by atoms with Crippen LogP contribution in [0, 0.1) is 0 Å². The van der Waals surface area contributed by atoms with Gasteiger partial charge in [-0.05, 0) is 54.1 Å². The predicted molar refractivity (Wildman–Crippen MR) is 122 cm³/mol. The van der Waals surface area contributed by atoms with Crippen LogP contribution in [0.3, 0.4) is 0 Å². The fourth-order valence-electron chi connectivity index (χ4n) is 2.76. The Morgan fingerprint density at radius 3 is 2.59 bits per heavy atom. The lowest BCUT2D eigenvalue weighted by atomic mass is 10.2. The van der Waals surface area contributed by atoms with Gasteiger partial charge < -0.3 is 19.9 Å². The smallest absolute Gasteiger partial charge is 0.261 e. The minimum Gasteiger partial charge on any atom is -0.506 e. The molecule has 168 valence electrons. The summed E-state index contributed by atoms with van der Waals surface area (Å²) in [5, 5.41) is 12.9. The van der Waals surface area contributed by atoms with Crippen LogP contribution in [0.1, 0.15) is 5.56 Å². The molecule has 0 aliphatic carbocycles. The predicted octanol–water partition coefficient (Wildman–Crippen LogP) is 4.01. The van der Waals surface area contributed by atoms with Gasteiger partial charge in [-0.2, -0.15) is 0 Å². The number of hydrogen-bond acceptors (Lipinski definition) is 6. The van der Waals surface area contributed by atoms with E-state index in [0.717, 1.165) is 11.6 Å². The molecular weight excluding hydrogens is 456 g/mol. The highest BCUT2D eigenvalue weighted by atomic mass is 35.5. The molecular formula is C22H21ClN2O6S. The minimum absolute atomic E-state index is 0.0612. The molecule has 0 spiro atoms. The molecule has 0 aliphatic rings. The van der Waals surface area contributed by atoms with E-state index in [1.807, 2.05) is 6.07 Å². The van der Waals surface area contributed by atoms with Crippen LogP contribution in [0.25, 0.3) is 0 Å². The number of benzene rings is 3. The van der Waals surface area contributed by atoms with Gasteiger partial charge >= 0.3 is 0 Å². The van der Waals surface area contributed by atoms with Crippen molar-refractivity contribution < 1.29 is 27.8 Å². The van der Waals surface area contributed by atoms with Gasteiger partial charge in [-0.1, -0.05) is 29.8 Å². The topological polar surface area (TPSA) is 114 Å². The average molecular weight is 477 g/mol. The molecule has 0 heterocycles. The molecule has 0 fully saturated rings. The lowest BCUT2D eigenvalue weighted by molar-refractivity contribution is -0.121. The van der Waals surface area contributed by atoms with E-state index in [0.29, 0.717) is 10.8 Å². The molecule has 3 N–H and O–H groups in total. The van der Waals surface area contributed by atoms with Crippen molar-refractivity contribution >= 4 is 38.9 Å². The van der Waals surface area contributed by atoms with Crippen molar-refractivity contribution in [2.24, 2.45) is 0 Å². The maximum Gasteiger partial charge on any atom is 0.261 e. The molecule has 1 amide bonds. The summed E-state index contributed by atoms with van der Waals surface area (Å²) < 4.78 is 38.2. The number of methoxy groups -OCH3 is 1. The van der Waals surface area contributed by atoms with E-state index in [2.05, 4.69) is 10.0 Å². The number of sulfonamides is 1. The standard InChI is InChI=1S/C22H21ClN2O6S/c1-30-18-7-2-4-15(10-18)13-31-14-22(27)24-20-12-19(8-9-21(20)26)32(28,29)25-17-6-3-5-16(23)11-17/h2-12,25-26H,13-14H2,1H3,(H,24,27). The van der Waals surface area contributed by atoms with Gasteiger partial charge in [-0.3, -0.25) is 9.52 Å². The van der Waals surface area contributed by atoms with E-state index in [9.17, 15) is 18.3 Å². The molecule has 0 radical (unpaired) electrons. The van der Waals surface area contributed by atoms with Crippen molar-refractivity contribution in [3.63, 3.8) is 0 Å². The first kappa shape index (κ1) is 23.4. The van der Waals surface area contributed by atoms with Gasteiger partial charge in [0.15, 0.2) is 0 Å². The number of phenolic OH excluding ortho intramolecular Hbond substituents is 1. The fourth-order valence-corrected chi connectivity index (χ4v) is 4.02. The molecule has 3 aromatic rings. The molecule has 10 heteroatoms. The number of rotatable bonds is 9. The van der Waals surface area contributed by atoms with Crippen LogP contribution in [-0.4, -0.2) is 33.1 Å². The van der Waals surface area contributed by atoms with E-state index < -0.39 is 15.9 Å². The van der Waals surface area contributed by atoms with E-state index in [1.54, 1.807) is 43.5 Å². The summed E-state index contributed by atoms with van der Waals surface area (Å²) in [7, 11) is -2.42. The van der Waals surface area contributed by atoms with E-state index >= 15 is 0 Å². The molecule has 0 saturated heterocycles. The Hall–Kier alpha value is -3.27. The molecule has 0 saturated carbocycles. The zero-order chi connectivity index (χ0) is 23.1. The molecule has 0 bridgehead atoms. The molecule has 8 nitrogen and oxygen atoms in total. The second-order valence-electron chi connectivity index (χ2n) is 6.69. The zero-order valence-electron chi connectivity index (χ0n) is 17.0. The second kappa shape index (κ2) is 10.4. The highest BCUT2D eigenvalue weighted by molar-refractivity contribution is 7.92. The van der Waals surface area contributed by atoms with E-state index in [1.165, 1.54) is 18.2 Å². The lowest BCUT2D eigenvalue weighted by Crippen LogP contribution is -2.19. The Balaban J connectivity index is 1.64. The third-order valence-corrected chi connectivity index (χ3v) is 5.88. The summed E-state index contributed by atoms with van der Waals surface area (Å²) in [5.74, 6) is -0.168. The number of hydrogen-bond donors (Lipinski definition) is 3. The van der Waals surface area contributed by atoms with Crippen LogP contribution in [0.4, 0.5) is 11.4 Å². The number of amides is 1. The van der Waals surface area contributed by atoms with Crippen LogP contribution in [0.2, 0.25) is 5.02 Å². The van der Waals surface area contributed by atoms with Gasteiger partial charge in [0.05, 0.1) is 30.0 Å². The molecule has 32 heavy (non-hydrogen) atoms. The van der Waals surface area contributed by atoms with Crippen molar-refractivity contribution in [2.75, 3.05) is 23.8 Å². The minimum atomic E-state index is -3.98.